The molecule has 5 heterocycles. The Morgan fingerprint density at radius 3 is 2.00 bits per heavy atom. The van der Waals surface area contributed by atoms with E-state index in [0.717, 1.165) is 56.6 Å². The van der Waals surface area contributed by atoms with E-state index in [0.29, 0.717) is 0 Å². The van der Waals surface area contributed by atoms with Crippen molar-refractivity contribution < 1.29 is 0 Å². The minimum Gasteiger partial charge on any atom is -0.355 e. The summed E-state index contributed by atoms with van der Waals surface area (Å²) in [6, 6.07) is 14.6. The average molecular weight is 417 g/mol. The fourth-order valence-corrected chi connectivity index (χ4v) is 3.81. The lowest BCUT2D eigenvalue weighted by atomic mass is 10.2. The molecule has 0 radical (unpaired) electrons. The molecule has 0 saturated heterocycles. The molecule has 0 spiro atoms. The number of alkyl halides is 1. The highest BCUT2D eigenvalue weighted by molar-refractivity contribution is 9.09. The van der Waals surface area contributed by atoms with Gasteiger partial charge in [0.15, 0.2) is 0 Å². The van der Waals surface area contributed by atoms with Gasteiger partial charge in [-0.2, -0.15) is 0 Å². The van der Waals surface area contributed by atoms with Crippen LogP contribution in [0.3, 0.4) is 0 Å². The third-order valence-corrected chi connectivity index (χ3v) is 5.01. The summed E-state index contributed by atoms with van der Waals surface area (Å²) in [7, 11) is 0. The first kappa shape index (κ1) is 16.3. The summed E-state index contributed by atoms with van der Waals surface area (Å²) in [5.74, 6) is 0. The first-order valence-electron chi connectivity index (χ1n) is 8.88. The monoisotopic (exact) mass is 416 g/mol. The highest BCUT2D eigenvalue weighted by atomic mass is 79.9. The molecular weight excluding hydrogens is 400 g/mol. The van der Waals surface area contributed by atoms with Gasteiger partial charge in [0.25, 0.3) is 0 Å². The molecule has 2 aliphatic rings. The Bertz CT molecular complexity index is 1240. The Hall–Kier alpha value is -2.92. The maximum absolute atomic E-state index is 4.71. The summed E-state index contributed by atoms with van der Waals surface area (Å²) in [5, 5.41) is 0.922. The van der Waals surface area contributed by atoms with Crippen molar-refractivity contribution in [1.82, 2.24) is 19.9 Å². The zero-order chi connectivity index (χ0) is 18.2. The van der Waals surface area contributed by atoms with Crippen LogP contribution in [0.1, 0.15) is 28.3 Å². The summed E-state index contributed by atoms with van der Waals surface area (Å²) < 4.78 is 0. The van der Waals surface area contributed by atoms with Crippen molar-refractivity contribution in [2.45, 2.75) is 6.42 Å². The normalized spacial score (nSPS) is 12.6. The van der Waals surface area contributed by atoms with Crippen LogP contribution in [0, 0.1) is 0 Å². The van der Waals surface area contributed by atoms with Gasteiger partial charge in [0.1, 0.15) is 0 Å². The topological polar surface area (TPSA) is 57.4 Å². The molecule has 0 aromatic carbocycles. The minimum atomic E-state index is 0.915. The van der Waals surface area contributed by atoms with E-state index in [4.69, 9.17) is 4.98 Å². The zero-order valence-corrected chi connectivity index (χ0v) is 16.1. The Morgan fingerprint density at radius 2 is 1.30 bits per heavy atom. The molecule has 0 aliphatic carbocycles. The highest BCUT2D eigenvalue weighted by Crippen LogP contribution is 2.20. The summed E-state index contributed by atoms with van der Waals surface area (Å²) in [5.41, 5.74) is 9.24. The number of fused-ring (bicyclic) bond motifs is 8. The van der Waals surface area contributed by atoms with Crippen molar-refractivity contribution in [2.75, 3.05) is 5.33 Å². The van der Waals surface area contributed by atoms with Gasteiger partial charge in [-0.3, -0.25) is 0 Å². The van der Waals surface area contributed by atoms with Gasteiger partial charge in [0.05, 0.1) is 22.8 Å². The summed E-state index contributed by atoms with van der Waals surface area (Å²) in [6.45, 7) is 0. The van der Waals surface area contributed by atoms with E-state index in [2.05, 4.69) is 67.3 Å². The molecule has 8 bridgehead atoms. The van der Waals surface area contributed by atoms with Crippen molar-refractivity contribution in [1.29, 1.82) is 0 Å². The van der Waals surface area contributed by atoms with Crippen LogP contribution in [0.25, 0.3) is 46.4 Å². The van der Waals surface area contributed by atoms with Crippen LogP contribution >= 0.6 is 15.9 Å². The van der Waals surface area contributed by atoms with Crippen LogP contribution in [0.5, 0.6) is 0 Å². The van der Waals surface area contributed by atoms with Crippen molar-refractivity contribution >= 4 is 62.3 Å². The Balaban J connectivity index is 1.83. The van der Waals surface area contributed by atoms with E-state index in [1.807, 2.05) is 30.4 Å². The van der Waals surface area contributed by atoms with Crippen LogP contribution in [0.4, 0.5) is 0 Å². The second kappa shape index (κ2) is 6.67. The largest absolute Gasteiger partial charge is 0.355 e. The second-order valence-electron chi connectivity index (χ2n) is 6.64. The molecule has 27 heavy (non-hydrogen) atoms. The molecule has 2 aliphatic heterocycles. The molecular formula is C22H17BrN4. The summed E-state index contributed by atoms with van der Waals surface area (Å²) in [6.07, 6.45) is 9.06. The number of aromatic amines is 2. The average Bonchev–Trinajstić information content (AvgIpc) is 3.41. The molecule has 0 atom stereocenters. The van der Waals surface area contributed by atoms with Gasteiger partial charge in [0.2, 0.25) is 0 Å². The van der Waals surface area contributed by atoms with Gasteiger partial charge in [-0.25, -0.2) is 9.97 Å². The Labute approximate surface area is 164 Å². The van der Waals surface area contributed by atoms with Crippen molar-refractivity contribution in [3.05, 3.63) is 70.8 Å². The smallest absolute Gasteiger partial charge is 0.0659 e. The number of nitrogens with one attached hydrogen (secondary N) is 2. The van der Waals surface area contributed by atoms with Crippen LogP contribution < -0.4 is 0 Å². The number of halogens is 1. The van der Waals surface area contributed by atoms with Gasteiger partial charge >= 0.3 is 0 Å². The highest BCUT2D eigenvalue weighted by Gasteiger charge is 2.04. The molecule has 0 saturated carbocycles. The number of hydrogen-bond donors (Lipinski definition) is 2. The SMILES string of the molecule is BrCCc1cc2cc3ccc(cc4nc(cc5nc(cc1[nH]2)C=C5)C=C4)[nH]3. The van der Waals surface area contributed by atoms with E-state index in [1.54, 1.807) is 0 Å². The number of nitrogens with zero attached hydrogens (tertiary/aromatic N) is 2. The number of aromatic nitrogens is 4. The number of hydrogen-bond acceptors (Lipinski definition) is 2. The summed E-state index contributed by atoms with van der Waals surface area (Å²) >= 11 is 3.55. The lowest BCUT2D eigenvalue weighted by Gasteiger charge is -1.92. The molecule has 3 aromatic rings. The van der Waals surface area contributed by atoms with E-state index in [-0.39, 0.29) is 0 Å². The lowest BCUT2D eigenvalue weighted by molar-refractivity contribution is 1.19. The van der Waals surface area contributed by atoms with E-state index in [1.165, 1.54) is 5.56 Å². The Kier molecular flexibility index (Phi) is 4.02. The summed E-state index contributed by atoms with van der Waals surface area (Å²) in [4.78, 5) is 16.3. The predicted molar refractivity (Wildman–Crippen MR) is 116 cm³/mol. The fourth-order valence-electron chi connectivity index (χ4n) is 3.39. The Morgan fingerprint density at radius 1 is 0.667 bits per heavy atom. The van der Waals surface area contributed by atoms with Gasteiger partial charge < -0.3 is 9.97 Å². The second-order valence-corrected chi connectivity index (χ2v) is 7.43. The van der Waals surface area contributed by atoms with Gasteiger partial charge in [-0.05, 0) is 78.8 Å². The maximum atomic E-state index is 4.71. The van der Waals surface area contributed by atoms with E-state index in [9.17, 15) is 0 Å². The van der Waals surface area contributed by atoms with Gasteiger partial charge in [-0.1, -0.05) is 15.9 Å². The molecule has 5 rings (SSSR count). The van der Waals surface area contributed by atoms with Gasteiger partial charge in [-0.15, -0.1) is 0 Å². The molecule has 132 valence electrons. The van der Waals surface area contributed by atoms with Crippen molar-refractivity contribution in [3.8, 4) is 0 Å². The molecule has 2 N–H and O–H groups in total. The number of rotatable bonds is 2. The first-order valence-corrected chi connectivity index (χ1v) is 10.0. The van der Waals surface area contributed by atoms with Crippen LogP contribution in [0.15, 0.2) is 42.5 Å². The fraction of sp³-hybridized carbons (Fsp3) is 0.0909. The molecule has 3 aromatic heterocycles. The maximum Gasteiger partial charge on any atom is 0.0659 e. The third kappa shape index (κ3) is 3.38. The van der Waals surface area contributed by atoms with Gasteiger partial charge in [0, 0.05) is 27.4 Å². The molecule has 0 amide bonds. The predicted octanol–water partition coefficient (Wildman–Crippen LogP) is 5.59. The number of aryl methyl sites for hydroxylation is 1. The molecule has 5 heteroatoms. The molecule has 0 unspecified atom stereocenters. The van der Waals surface area contributed by atoms with E-state index < -0.39 is 0 Å². The minimum absolute atomic E-state index is 0.915. The van der Waals surface area contributed by atoms with E-state index >= 15 is 0 Å². The van der Waals surface area contributed by atoms with Crippen LogP contribution in [-0.4, -0.2) is 25.3 Å². The first-order chi connectivity index (χ1) is 13.2. The quantitative estimate of drug-likeness (QED) is 0.368. The van der Waals surface area contributed by atoms with Crippen LogP contribution in [0.2, 0.25) is 0 Å². The van der Waals surface area contributed by atoms with Crippen molar-refractivity contribution in [3.63, 3.8) is 0 Å². The van der Waals surface area contributed by atoms with Crippen molar-refractivity contribution in [2.24, 2.45) is 0 Å². The number of H-pyrrole nitrogens is 2. The molecule has 4 nitrogen and oxygen atoms in total. The third-order valence-electron chi connectivity index (χ3n) is 4.62. The standard InChI is InChI=1S/C22H17BrN4/c23-8-7-14-9-21-12-19-4-3-17(25-19)10-15-1-2-16(24-15)11-18-5-6-20(26-18)13-22(14)27-21/h1-6,9-13,25,27H,7-8H2. The zero-order valence-electron chi connectivity index (χ0n) is 14.5. The van der Waals surface area contributed by atoms with Crippen LogP contribution in [-0.2, 0) is 6.42 Å². The lowest BCUT2D eigenvalue weighted by Crippen LogP contribution is -1.83. The molecule has 0 fully saturated rings.